The van der Waals surface area contributed by atoms with E-state index in [9.17, 15) is 8.42 Å². The molecule has 4 N–H and O–H groups in total. The molecule has 0 aliphatic rings. The fourth-order valence-corrected chi connectivity index (χ4v) is 2.35. The summed E-state index contributed by atoms with van der Waals surface area (Å²) in [6.45, 7) is 0.222. The van der Waals surface area contributed by atoms with E-state index < -0.39 is 10.0 Å². The van der Waals surface area contributed by atoms with Crippen LogP contribution >= 0.6 is 0 Å². The van der Waals surface area contributed by atoms with E-state index in [1.54, 1.807) is 12.1 Å². The van der Waals surface area contributed by atoms with Crippen molar-refractivity contribution in [2.24, 2.45) is 5.73 Å². The molecule has 2 rings (SSSR count). The minimum atomic E-state index is -3.62. The summed E-state index contributed by atoms with van der Waals surface area (Å²) in [5, 5.41) is 12.9. The van der Waals surface area contributed by atoms with Crippen molar-refractivity contribution < 1.29 is 8.42 Å². The first kappa shape index (κ1) is 14.1. The van der Waals surface area contributed by atoms with Gasteiger partial charge in [0.25, 0.3) is 0 Å². The van der Waals surface area contributed by atoms with E-state index in [0.717, 1.165) is 0 Å². The summed E-state index contributed by atoms with van der Waals surface area (Å²) in [7, 11) is -3.62. The number of hydrogen-bond acceptors (Lipinski definition) is 6. The Bertz CT molecular complexity index is 713. The summed E-state index contributed by atoms with van der Waals surface area (Å²) in [6, 6.07) is 6.18. The molecule has 20 heavy (non-hydrogen) atoms. The Labute approximate surface area is 115 Å². The van der Waals surface area contributed by atoms with Gasteiger partial charge in [0.15, 0.2) is 5.82 Å². The molecule has 0 aliphatic carbocycles. The molecule has 1 aromatic carbocycles. The van der Waals surface area contributed by atoms with Gasteiger partial charge in [-0.2, -0.15) is 5.21 Å². The summed E-state index contributed by atoms with van der Waals surface area (Å²) in [6.07, 6.45) is 0. The Hall–Kier alpha value is -2.28. The predicted octanol–water partition coefficient (Wildman–Crippen LogP) is -1.01. The fourth-order valence-electron chi connectivity index (χ4n) is 1.37. The maximum atomic E-state index is 12.0. The van der Waals surface area contributed by atoms with Crippen LogP contribution in [0.25, 0.3) is 0 Å². The van der Waals surface area contributed by atoms with E-state index in [1.165, 1.54) is 12.1 Å². The second-order valence-electron chi connectivity index (χ2n) is 3.68. The zero-order chi connectivity index (χ0) is 14.4. The van der Waals surface area contributed by atoms with Crippen molar-refractivity contribution in [1.82, 2.24) is 25.3 Å². The molecule has 0 amide bonds. The van der Waals surface area contributed by atoms with Crippen molar-refractivity contribution in [3.8, 4) is 11.8 Å². The summed E-state index contributed by atoms with van der Waals surface area (Å²) in [5.74, 6) is 5.77. The smallest absolute Gasteiger partial charge is 0.240 e. The first-order valence-electron chi connectivity index (χ1n) is 5.63. The first-order chi connectivity index (χ1) is 9.62. The molecule has 0 bridgehead atoms. The van der Waals surface area contributed by atoms with Crippen LogP contribution in [0.15, 0.2) is 29.2 Å². The normalized spacial score (nSPS) is 10.8. The van der Waals surface area contributed by atoms with Gasteiger partial charge < -0.3 is 5.73 Å². The van der Waals surface area contributed by atoms with Crippen molar-refractivity contribution in [3.63, 3.8) is 0 Å². The highest BCUT2D eigenvalue weighted by Crippen LogP contribution is 2.10. The second-order valence-corrected chi connectivity index (χ2v) is 5.45. The van der Waals surface area contributed by atoms with Crippen LogP contribution in [0.2, 0.25) is 0 Å². The fraction of sp³-hybridized carbons (Fsp3) is 0.182. The quantitative estimate of drug-likeness (QED) is 0.620. The van der Waals surface area contributed by atoms with Crippen molar-refractivity contribution in [3.05, 3.63) is 35.7 Å². The molecule has 0 saturated heterocycles. The molecule has 1 heterocycles. The number of sulfonamides is 1. The van der Waals surface area contributed by atoms with Crippen LogP contribution in [0.4, 0.5) is 0 Å². The van der Waals surface area contributed by atoms with Crippen molar-refractivity contribution in [1.29, 1.82) is 0 Å². The van der Waals surface area contributed by atoms with E-state index in [4.69, 9.17) is 5.73 Å². The monoisotopic (exact) mass is 292 g/mol. The van der Waals surface area contributed by atoms with Gasteiger partial charge in [-0.3, -0.25) is 0 Å². The molecule has 0 saturated carbocycles. The minimum absolute atomic E-state index is 0.0342. The van der Waals surface area contributed by atoms with Crippen molar-refractivity contribution in [2.75, 3.05) is 6.54 Å². The Balaban J connectivity index is 2.09. The van der Waals surface area contributed by atoms with E-state index in [2.05, 4.69) is 37.2 Å². The number of aromatic amines is 1. The topological polar surface area (TPSA) is 127 Å². The summed E-state index contributed by atoms with van der Waals surface area (Å²) in [4.78, 5) is 0.138. The van der Waals surface area contributed by atoms with Crippen LogP contribution in [0.5, 0.6) is 0 Å². The highest BCUT2D eigenvalue weighted by Gasteiger charge is 2.14. The number of H-pyrrole nitrogens is 1. The van der Waals surface area contributed by atoms with E-state index in [-0.39, 0.29) is 23.8 Å². The number of benzene rings is 1. The molecule has 0 spiro atoms. The lowest BCUT2D eigenvalue weighted by molar-refractivity contribution is 0.579. The zero-order valence-corrected chi connectivity index (χ0v) is 11.2. The lowest BCUT2D eigenvalue weighted by Crippen LogP contribution is -2.23. The van der Waals surface area contributed by atoms with Crippen molar-refractivity contribution in [2.45, 2.75) is 11.4 Å². The summed E-state index contributed by atoms with van der Waals surface area (Å²) < 4.78 is 26.4. The average molecular weight is 292 g/mol. The van der Waals surface area contributed by atoms with Gasteiger partial charge in [-0.25, -0.2) is 13.1 Å². The van der Waals surface area contributed by atoms with Gasteiger partial charge in [-0.15, -0.1) is 10.2 Å². The number of tetrazole rings is 1. The Morgan fingerprint density at radius 1 is 1.30 bits per heavy atom. The molecule has 0 radical (unpaired) electrons. The van der Waals surface area contributed by atoms with E-state index >= 15 is 0 Å². The molecular weight excluding hydrogens is 280 g/mol. The average Bonchev–Trinajstić information content (AvgIpc) is 2.97. The standard InChI is InChI=1S/C11H12N6O2S/c12-7-1-2-9-3-5-10(6-4-9)20(18,19)13-8-11-14-16-17-15-11/h3-6,13H,7-8,12H2,(H,14,15,16,17). The van der Waals surface area contributed by atoms with Crippen LogP contribution in [-0.4, -0.2) is 35.6 Å². The van der Waals surface area contributed by atoms with Crippen LogP contribution in [0.1, 0.15) is 11.4 Å². The van der Waals surface area contributed by atoms with Crippen LogP contribution < -0.4 is 10.5 Å². The molecule has 0 atom stereocenters. The third-order valence-corrected chi connectivity index (χ3v) is 3.73. The Kier molecular flexibility index (Phi) is 4.41. The van der Waals surface area contributed by atoms with Gasteiger partial charge in [0.1, 0.15) is 0 Å². The van der Waals surface area contributed by atoms with Gasteiger partial charge >= 0.3 is 0 Å². The third kappa shape index (κ3) is 3.61. The highest BCUT2D eigenvalue weighted by molar-refractivity contribution is 7.89. The lowest BCUT2D eigenvalue weighted by atomic mass is 10.2. The molecule has 0 aliphatic heterocycles. The molecule has 8 nitrogen and oxygen atoms in total. The number of nitrogens with zero attached hydrogens (tertiary/aromatic N) is 3. The number of aromatic nitrogens is 4. The summed E-state index contributed by atoms with van der Waals surface area (Å²) in [5.41, 5.74) is 5.96. The maximum absolute atomic E-state index is 12.0. The van der Waals surface area contributed by atoms with Crippen molar-refractivity contribution >= 4 is 10.0 Å². The second kappa shape index (κ2) is 6.25. The summed E-state index contributed by atoms with van der Waals surface area (Å²) >= 11 is 0. The number of nitrogens with one attached hydrogen (secondary N) is 2. The van der Waals surface area contributed by atoms with Gasteiger partial charge in [0.05, 0.1) is 18.0 Å². The predicted molar refractivity (Wildman–Crippen MR) is 70.6 cm³/mol. The SMILES string of the molecule is NCC#Cc1ccc(S(=O)(=O)NCc2nn[nH]n2)cc1. The third-order valence-electron chi connectivity index (χ3n) is 2.31. The van der Waals surface area contributed by atoms with E-state index in [1.807, 2.05) is 0 Å². The van der Waals surface area contributed by atoms with Crippen LogP contribution in [0, 0.1) is 11.8 Å². The molecular formula is C11H12N6O2S. The molecule has 2 aromatic rings. The number of rotatable bonds is 4. The Morgan fingerprint density at radius 3 is 2.65 bits per heavy atom. The lowest BCUT2D eigenvalue weighted by Gasteiger charge is -2.04. The molecule has 0 fully saturated rings. The van der Waals surface area contributed by atoms with Gasteiger partial charge in [-0.1, -0.05) is 17.1 Å². The van der Waals surface area contributed by atoms with Crippen LogP contribution in [-0.2, 0) is 16.6 Å². The van der Waals surface area contributed by atoms with E-state index in [0.29, 0.717) is 5.56 Å². The van der Waals surface area contributed by atoms with Gasteiger partial charge in [0, 0.05) is 5.56 Å². The van der Waals surface area contributed by atoms with Gasteiger partial charge in [0.2, 0.25) is 10.0 Å². The maximum Gasteiger partial charge on any atom is 0.240 e. The Morgan fingerprint density at radius 2 is 2.05 bits per heavy atom. The van der Waals surface area contributed by atoms with Gasteiger partial charge in [-0.05, 0) is 24.3 Å². The largest absolute Gasteiger partial charge is 0.320 e. The molecule has 0 unspecified atom stereocenters. The highest BCUT2D eigenvalue weighted by atomic mass is 32.2. The minimum Gasteiger partial charge on any atom is -0.320 e. The number of hydrogen-bond donors (Lipinski definition) is 3. The zero-order valence-electron chi connectivity index (χ0n) is 10.4. The molecule has 1 aromatic heterocycles. The molecule has 9 heteroatoms. The number of nitrogens with two attached hydrogens (primary N) is 1. The first-order valence-corrected chi connectivity index (χ1v) is 7.11. The molecule has 104 valence electrons. The van der Waals surface area contributed by atoms with Crippen LogP contribution in [0.3, 0.4) is 0 Å².